The van der Waals surface area contributed by atoms with Crippen molar-refractivity contribution in [2.45, 2.75) is 52.5 Å². The zero-order valence-corrected chi connectivity index (χ0v) is 12.6. The molecular formula is C14H25N3S. The molecule has 1 saturated heterocycles. The van der Waals surface area contributed by atoms with Crippen LogP contribution in [-0.2, 0) is 6.54 Å². The highest BCUT2D eigenvalue weighted by Gasteiger charge is 2.20. The number of nitrogens with zero attached hydrogens (tertiary/aromatic N) is 2. The minimum atomic E-state index is 0.472. The van der Waals surface area contributed by atoms with Gasteiger partial charge < -0.3 is 10.6 Å². The molecule has 0 amide bonds. The highest BCUT2D eigenvalue weighted by atomic mass is 32.1. The average molecular weight is 267 g/mol. The maximum atomic E-state index is 5.84. The van der Waals surface area contributed by atoms with E-state index in [2.05, 4.69) is 25.7 Å². The molecule has 18 heavy (non-hydrogen) atoms. The van der Waals surface area contributed by atoms with Crippen molar-refractivity contribution < 1.29 is 0 Å². The first kappa shape index (κ1) is 13.8. The van der Waals surface area contributed by atoms with E-state index in [0.717, 1.165) is 19.0 Å². The van der Waals surface area contributed by atoms with Gasteiger partial charge in [0.25, 0.3) is 0 Å². The Kier molecular flexibility index (Phi) is 4.62. The monoisotopic (exact) mass is 267 g/mol. The second-order valence-corrected chi connectivity index (χ2v) is 6.75. The van der Waals surface area contributed by atoms with Crippen LogP contribution in [0.25, 0.3) is 0 Å². The first-order valence-corrected chi connectivity index (χ1v) is 7.88. The van der Waals surface area contributed by atoms with Crippen LogP contribution < -0.4 is 10.6 Å². The van der Waals surface area contributed by atoms with Gasteiger partial charge in [-0.3, -0.25) is 0 Å². The van der Waals surface area contributed by atoms with Gasteiger partial charge in [0, 0.05) is 24.5 Å². The third-order valence-corrected chi connectivity index (χ3v) is 4.89. The fraction of sp³-hybridized carbons (Fsp3) is 0.786. The maximum absolute atomic E-state index is 5.84. The van der Waals surface area contributed by atoms with Crippen molar-refractivity contribution >= 4 is 16.5 Å². The molecule has 2 heterocycles. The summed E-state index contributed by atoms with van der Waals surface area (Å²) in [4.78, 5) is 8.55. The van der Waals surface area contributed by atoms with E-state index in [1.54, 1.807) is 11.3 Å². The van der Waals surface area contributed by atoms with E-state index >= 15 is 0 Å². The van der Waals surface area contributed by atoms with E-state index in [9.17, 15) is 0 Å². The van der Waals surface area contributed by atoms with Crippen LogP contribution in [-0.4, -0.2) is 18.1 Å². The predicted octanol–water partition coefficient (Wildman–Crippen LogP) is 3.35. The summed E-state index contributed by atoms with van der Waals surface area (Å²) < 4.78 is 0. The maximum Gasteiger partial charge on any atom is 0.185 e. The van der Waals surface area contributed by atoms with Crippen LogP contribution in [0.3, 0.4) is 0 Å². The molecule has 0 spiro atoms. The lowest BCUT2D eigenvalue weighted by atomic mass is 10.0. The van der Waals surface area contributed by atoms with E-state index in [-0.39, 0.29) is 0 Å². The van der Waals surface area contributed by atoms with Crippen LogP contribution in [0, 0.1) is 5.92 Å². The Labute approximate surface area is 114 Å². The second kappa shape index (κ2) is 6.02. The molecule has 1 aliphatic rings. The third kappa shape index (κ3) is 3.04. The van der Waals surface area contributed by atoms with Crippen LogP contribution in [0.15, 0.2) is 0 Å². The molecule has 1 aromatic heterocycles. The Balaban J connectivity index is 2.17. The summed E-state index contributed by atoms with van der Waals surface area (Å²) in [5, 5.41) is 1.19. The van der Waals surface area contributed by atoms with E-state index in [1.807, 2.05) is 0 Å². The van der Waals surface area contributed by atoms with Crippen molar-refractivity contribution in [1.82, 2.24) is 4.98 Å². The summed E-state index contributed by atoms with van der Waals surface area (Å²) in [6.07, 6.45) is 3.92. The van der Waals surface area contributed by atoms with Gasteiger partial charge in [0.15, 0.2) is 5.13 Å². The van der Waals surface area contributed by atoms with Gasteiger partial charge >= 0.3 is 0 Å². The van der Waals surface area contributed by atoms with Gasteiger partial charge in [-0.1, -0.05) is 20.8 Å². The number of hydrogen-bond donors (Lipinski definition) is 1. The molecule has 0 radical (unpaired) electrons. The van der Waals surface area contributed by atoms with Crippen molar-refractivity contribution in [1.29, 1.82) is 0 Å². The first-order chi connectivity index (χ1) is 8.61. The molecule has 1 fully saturated rings. The number of rotatable bonds is 3. The topological polar surface area (TPSA) is 42.2 Å². The van der Waals surface area contributed by atoms with Gasteiger partial charge in [-0.25, -0.2) is 4.98 Å². The molecule has 4 heteroatoms. The van der Waals surface area contributed by atoms with Crippen molar-refractivity contribution in [3.63, 3.8) is 0 Å². The number of thiazole rings is 1. The van der Waals surface area contributed by atoms with Crippen LogP contribution in [0.2, 0.25) is 0 Å². The fourth-order valence-corrected chi connectivity index (χ4v) is 3.68. The Hall–Kier alpha value is -0.610. The van der Waals surface area contributed by atoms with E-state index in [4.69, 9.17) is 10.7 Å². The van der Waals surface area contributed by atoms with Gasteiger partial charge in [0.2, 0.25) is 0 Å². The molecule has 1 aliphatic heterocycles. The Morgan fingerprint density at radius 2 is 2.17 bits per heavy atom. The lowest BCUT2D eigenvalue weighted by Gasteiger charge is -2.19. The molecule has 102 valence electrons. The minimum Gasteiger partial charge on any atom is -0.348 e. The standard InChI is InChI=1S/C14H25N3S/c1-10(2)13-12(9-15)18-14(16-13)17-7-4-5-11(3)6-8-17/h10-11H,4-9,15H2,1-3H3. The summed E-state index contributed by atoms with van der Waals surface area (Å²) in [5.74, 6) is 1.33. The van der Waals surface area contributed by atoms with Gasteiger partial charge in [-0.05, 0) is 31.1 Å². The molecule has 0 saturated carbocycles. The normalized spacial score (nSPS) is 21.4. The zero-order valence-electron chi connectivity index (χ0n) is 11.8. The van der Waals surface area contributed by atoms with Crippen molar-refractivity contribution in [3.8, 4) is 0 Å². The Morgan fingerprint density at radius 1 is 1.39 bits per heavy atom. The highest BCUT2D eigenvalue weighted by molar-refractivity contribution is 7.15. The van der Waals surface area contributed by atoms with Crippen molar-refractivity contribution in [2.24, 2.45) is 11.7 Å². The van der Waals surface area contributed by atoms with Gasteiger partial charge in [0.05, 0.1) is 5.69 Å². The van der Waals surface area contributed by atoms with Crippen molar-refractivity contribution in [2.75, 3.05) is 18.0 Å². The van der Waals surface area contributed by atoms with Crippen LogP contribution >= 0.6 is 11.3 Å². The van der Waals surface area contributed by atoms with Crippen LogP contribution in [0.4, 0.5) is 5.13 Å². The molecule has 0 aromatic carbocycles. The zero-order chi connectivity index (χ0) is 13.1. The predicted molar refractivity (Wildman–Crippen MR) is 79.3 cm³/mol. The molecule has 2 rings (SSSR count). The lowest BCUT2D eigenvalue weighted by Crippen LogP contribution is -2.23. The lowest BCUT2D eigenvalue weighted by molar-refractivity contribution is 0.521. The van der Waals surface area contributed by atoms with Crippen LogP contribution in [0.1, 0.15) is 56.5 Å². The largest absolute Gasteiger partial charge is 0.348 e. The molecule has 3 nitrogen and oxygen atoms in total. The Morgan fingerprint density at radius 3 is 2.78 bits per heavy atom. The summed E-state index contributed by atoms with van der Waals surface area (Å²) in [6.45, 7) is 9.67. The SMILES string of the molecule is CC1CCCN(c2nc(C(C)C)c(CN)s2)CC1. The average Bonchev–Trinajstić information content (AvgIpc) is 2.66. The molecule has 1 atom stereocenters. The summed E-state index contributed by atoms with van der Waals surface area (Å²) in [5.41, 5.74) is 7.04. The van der Waals surface area contributed by atoms with E-state index < -0.39 is 0 Å². The summed E-state index contributed by atoms with van der Waals surface area (Å²) in [6, 6.07) is 0. The Bertz CT molecular complexity index is 386. The summed E-state index contributed by atoms with van der Waals surface area (Å²) >= 11 is 1.79. The van der Waals surface area contributed by atoms with E-state index in [1.165, 1.54) is 35.0 Å². The first-order valence-electron chi connectivity index (χ1n) is 7.06. The van der Waals surface area contributed by atoms with Gasteiger partial charge in [0.1, 0.15) is 0 Å². The second-order valence-electron chi connectivity index (χ2n) is 5.69. The third-order valence-electron chi connectivity index (χ3n) is 3.74. The molecule has 2 N–H and O–H groups in total. The van der Waals surface area contributed by atoms with Gasteiger partial charge in [-0.2, -0.15) is 0 Å². The van der Waals surface area contributed by atoms with Crippen molar-refractivity contribution in [3.05, 3.63) is 10.6 Å². The van der Waals surface area contributed by atoms with Gasteiger partial charge in [-0.15, -0.1) is 11.3 Å². The minimum absolute atomic E-state index is 0.472. The van der Waals surface area contributed by atoms with Crippen LogP contribution in [0.5, 0.6) is 0 Å². The number of nitrogens with two attached hydrogens (primary N) is 1. The van der Waals surface area contributed by atoms with E-state index in [0.29, 0.717) is 12.5 Å². The number of aromatic nitrogens is 1. The quantitative estimate of drug-likeness (QED) is 0.913. The molecule has 1 unspecified atom stereocenters. The number of anilines is 1. The highest BCUT2D eigenvalue weighted by Crippen LogP contribution is 2.32. The molecule has 0 bridgehead atoms. The molecule has 1 aromatic rings. The molecule has 0 aliphatic carbocycles. The summed E-state index contributed by atoms with van der Waals surface area (Å²) in [7, 11) is 0. The smallest absolute Gasteiger partial charge is 0.185 e. The number of hydrogen-bond acceptors (Lipinski definition) is 4. The molecular weight excluding hydrogens is 242 g/mol. The fourth-order valence-electron chi connectivity index (χ4n) is 2.54.